The normalized spacial score (nSPS) is 16.2. The summed E-state index contributed by atoms with van der Waals surface area (Å²) in [5, 5.41) is 19.3. The first-order valence-corrected chi connectivity index (χ1v) is 6.37. The molecule has 0 fully saturated rings. The van der Waals surface area contributed by atoms with E-state index < -0.39 is 0 Å². The van der Waals surface area contributed by atoms with Crippen LogP contribution in [0.1, 0.15) is 23.2 Å². The number of nitriles is 1. The summed E-state index contributed by atoms with van der Waals surface area (Å²) in [6, 6.07) is 9.81. The summed E-state index contributed by atoms with van der Waals surface area (Å²) in [5.74, 6) is 1.57. The number of aromatic nitrogens is 4. The molecule has 0 radical (unpaired) electrons. The van der Waals surface area contributed by atoms with Crippen LogP contribution in [-0.4, -0.2) is 20.3 Å². The monoisotopic (exact) mass is 279 g/mol. The van der Waals surface area contributed by atoms with E-state index in [0.717, 1.165) is 11.3 Å². The predicted octanol–water partition coefficient (Wildman–Crippen LogP) is 2.01. The molecule has 0 spiro atoms. The van der Waals surface area contributed by atoms with Crippen LogP contribution in [0, 0.1) is 11.3 Å². The summed E-state index contributed by atoms with van der Waals surface area (Å²) in [7, 11) is 0. The molecule has 1 unspecified atom stereocenters. The van der Waals surface area contributed by atoms with Crippen LogP contribution in [0.25, 0.3) is 11.5 Å². The van der Waals surface area contributed by atoms with Gasteiger partial charge in [0.1, 0.15) is 17.5 Å². The van der Waals surface area contributed by atoms with E-state index in [1.165, 1.54) is 6.20 Å². The van der Waals surface area contributed by atoms with Gasteiger partial charge in [-0.3, -0.25) is 5.10 Å². The van der Waals surface area contributed by atoms with Crippen molar-refractivity contribution in [3.8, 4) is 23.3 Å². The van der Waals surface area contributed by atoms with Crippen LogP contribution in [0.2, 0.25) is 0 Å². The number of fused-ring (bicyclic) bond motifs is 1. The zero-order chi connectivity index (χ0) is 14.2. The van der Waals surface area contributed by atoms with E-state index in [4.69, 9.17) is 14.5 Å². The number of ether oxygens (including phenoxy) is 1. The van der Waals surface area contributed by atoms with Crippen molar-refractivity contribution >= 4 is 0 Å². The second-order valence-electron chi connectivity index (χ2n) is 4.65. The van der Waals surface area contributed by atoms with E-state index in [-0.39, 0.29) is 12.0 Å². The maximum atomic E-state index is 8.97. The third kappa shape index (κ3) is 1.85. The Morgan fingerprint density at radius 1 is 1.33 bits per heavy atom. The fourth-order valence-corrected chi connectivity index (χ4v) is 2.33. The topological polar surface area (TPSA) is 101 Å². The fourth-order valence-electron chi connectivity index (χ4n) is 2.33. The molecule has 0 saturated heterocycles. The van der Waals surface area contributed by atoms with Crippen molar-refractivity contribution in [3.05, 3.63) is 47.5 Å². The quantitative estimate of drug-likeness (QED) is 0.770. The molecule has 4 rings (SSSR count). The van der Waals surface area contributed by atoms with Gasteiger partial charge in [-0.1, -0.05) is 23.4 Å². The molecule has 1 N–H and O–H groups in total. The Morgan fingerprint density at radius 2 is 2.24 bits per heavy atom. The lowest BCUT2D eigenvalue weighted by Crippen LogP contribution is -2.05. The van der Waals surface area contributed by atoms with Crippen LogP contribution in [0.3, 0.4) is 0 Å². The van der Waals surface area contributed by atoms with Crippen molar-refractivity contribution in [1.29, 1.82) is 5.26 Å². The molecule has 7 nitrogen and oxygen atoms in total. The lowest BCUT2D eigenvalue weighted by Gasteiger charge is -2.04. The van der Waals surface area contributed by atoms with Crippen LogP contribution in [0.15, 0.2) is 35.0 Å². The smallest absolute Gasteiger partial charge is 0.262 e. The van der Waals surface area contributed by atoms with Crippen molar-refractivity contribution in [2.24, 2.45) is 0 Å². The van der Waals surface area contributed by atoms with Gasteiger partial charge in [-0.05, 0) is 11.6 Å². The molecule has 0 aliphatic carbocycles. The van der Waals surface area contributed by atoms with Crippen LogP contribution >= 0.6 is 0 Å². The Kier molecular flexibility index (Phi) is 2.47. The number of hydrogen-bond donors (Lipinski definition) is 1. The second kappa shape index (κ2) is 4.45. The highest BCUT2D eigenvalue weighted by molar-refractivity contribution is 5.59. The molecule has 7 heteroatoms. The number of H-pyrrole nitrogens is 1. The Labute approximate surface area is 119 Å². The van der Waals surface area contributed by atoms with Gasteiger partial charge in [0.15, 0.2) is 6.10 Å². The summed E-state index contributed by atoms with van der Waals surface area (Å²) in [6.07, 6.45) is 1.92. The molecule has 3 aromatic rings. The fraction of sp³-hybridized carbons (Fsp3) is 0.143. The molecule has 102 valence electrons. The highest BCUT2D eigenvalue weighted by atomic mass is 16.5. The minimum atomic E-state index is -0.266. The number of para-hydroxylation sites is 1. The number of aromatic amines is 1. The molecule has 1 aromatic carbocycles. The zero-order valence-corrected chi connectivity index (χ0v) is 10.8. The Hall–Kier alpha value is -3.14. The van der Waals surface area contributed by atoms with Crippen LogP contribution in [0.4, 0.5) is 0 Å². The molecule has 0 bridgehead atoms. The lowest BCUT2D eigenvalue weighted by atomic mass is 10.1. The van der Waals surface area contributed by atoms with Crippen LogP contribution < -0.4 is 4.74 Å². The minimum absolute atomic E-state index is 0.259. The molecular formula is C14H9N5O2. The van der Waals surface area contributed by atoms with Crippen LogP contribution in [-0.2, 0) is 6.42 Å². The Bertz CT molecular complexity index is 820. The molecule has 1 aliphatic heterocycles. The van der Waals surface area contributed by atoms with E-state index in [0.29, 0.717) is 23.5 Å². The van der Waals surface area contributed by atoms with E-state index in [2.05, 4.69) is 20.3 Å². The number of nitrogens with one attached hydrogen (secondary N) is 1. The second-order valence-corrected chi connectivity index (χ2v) is 4.65. The van der Waals surface area contributed by atoms with Gasteiger partial charge in [0.2, 0.25) is 5.82 Å². The summed E-state index contributed by atoms with van der Waals surface area (Å²) in [4.78, 5) is 4.31. The highest BCUT2D eigenvalue weighted by Crippen LogP contribution is 2.35. The van der Waals surface area contributed by atoms with Crippen molar-refractivity contribution < 1.29 is 9.26 Å². The number of benzene rings is 1. The van der Waals surface area contributed by atoms with Gasteiger partial charge < -0.3 is 9.26 Å². The van der Waals surface area contributed by atoms with Crippen molar-refractivity contribution in [2.45, 2.75) is 12.5 Å². The molecule has 1 aliphatic rings. The van der Waals surface area contributed by atoms with Crippen LogP contribution in [0.5, 0.6) is 5.75 Å². The molecule has 0 amide bonds. The molecule has 1 atom stereocenters. The number of hydrogen-bond acceptors (Lipinski definition) is 6. The Balaban J connectivity index is 1.64. The zero-order valence-electron chi connectivity index (χ0n) is 10.8. The van der Waals surface area contributed by atoms with Crippen molar-refractivity contribution in [1.82, 2.24) is 20.3 Å². The van der Waals surface area contributed by atoms with Gasteiger partial charge in [-0.25, -0.2) is 0 Å². The van der Waals surface area contributed by atoms with Crippen molar-refractivity contribution in [3.63, 3.8) is 0 Å². The SMILES string of the molecule is N#Cc1[nH]ncc1-c1nc(C2Cc3ccccc3O2)no1. The molecular weight excluding hydrogens is 270 g/mol. The maximum absolute atomic E-state index is 8.97. The molecule has 21 heavy (non-hydrogen) atoms. The third-order valence-electron chi connectivity index (χ3n) is 3.36. The molecule has 0 saturated carbocycles. The summed E-state index contributed by atoms with van der Waals surface area (Å²) < 4.78 is 11.0. The van der Waals surface area contributed by atoms with E-state index >= 15 is 0 Å². The largest absolute Gasteiger partial charge is 0.482 e. The first kappa shape index (κ1) is 11.7. The van der Waals surface area contributed by atoms with Gasteiger partial charge >= 0.3 is 0 Å². The minimum Gasteiger partial charge on any atom is -0.482 e. The Morgan fingerprint density at radius 3 is 3.10 bits per heavy atom. The molecule has 2 aromatic heterocycles. The van der Waals surface area contributed by atoms with Gasteiger partial charge in [0, 0.05) is 6.42 Å². The predicted molar refractivity (Wildman–Crippen MR) is 70.1 cm³/mol. The summed E-state index contributed by atoms with van der Waals surface area (Å²) in [6.45, 7) is 0. The first-order chi connectivity index (χ1) is 10.3. The van der Waals surface area contributed by atoms with E-state index in [1.54, 1.807) is 0 Å². The average molecular weight is 279 g/mol. The summed E-state index contributed by atoms with van der Waals surface area (Å²) in [5.41, 5.74) is 1.91. The third-order valence-corrected chi connectivity index (χ3v) is 3.36. The summed E-state index contributed by atoms with van der Waals surface area (Å²) >= 11 is 0. The molecule has 3 heterocycles. The van der Waals surface area contributed by atoms with Gasteiger partial charge in [0.25, 0.3) is 5.89 Å². The lowest BCUT2D eigenvalue weighted by molar-refractivity contribution is 0.221. The highest BCUT2D eigenvalue weighted by Gasteiger charge is 2.28. The number of nitrogens with zero attached hydrogens (tertiary/aromatic N) is 4. The standard InChI is InChI=1S/C14H9N5O2/c15-6-10-9(7-16-18-10)14-17-13(19-21-14)12-5-8-3-1-2-4-11(8)20-12/h1-4,7,12H,5H2,(H,16,18). The van der Waals surface area contributed by atoms with Gasteiger partial charge in [0.05, 0.1) is 11.8 Å². The van der Waals surface area contributed by atoms with Gasteiger partial charge in [-0.15, -0.1) is 0 Å². The van der Waals surface area contributed by atoms with E-state index in [1.807, 2.05) is 30.3 Å². The average Bonchev–Trinajstić information content (AvgIpc) is 3.23. The van der Waals surface area contributed by atoms with E-state index in [9.17, 15) is 0 Å². The number of rotatable bonds is 2. The maximum Gasteiger partial charge on any atom is 0.262 e. The first-order valence-electron chi connectivity index (χ1n) is 6.37. The van der Waals surface area contributed by atoms with Crippen molar-refractivity contribution in [2.75, 3.05) is 0 Å². The van der Waals surface area contributed by atoms with Gasteiger partial charge in [-0.2, -0.15) is 15.3 Å².